The number of alkyl halides is 3. The molecule has 0 spiro atoms. The Morgan fingerprint density at radius 3 is 2.55 bits per heavy atom. The third-order valence-corrected chi connectivity index (χ3v) is 5.41. The van der Waals surface area contributed by atoms with E-state index in [1.165, 1.54) is 26.4 Å². The molecular formula is C18H24F3N3O4S. The number of carbonyl (C=O) groups is 1. The summed E-state index contributed by atoms with van der Waals surface area (Å²) in [7, 11) is -2.03. The number of ether oxygens (including phenoxy) is 1. The van der Waals surface area contributed by atoms with E-state index in [9.17, 15) is 26.4 Å². The van der Waals surface area contributed by atoms with Crippen molar-refractivity contribution in [2.75, 3.05) is 19.1 Å². The third kappa shape index (κ3) is 6.69. The molecule has 0 saturated heterocycles. The van der Waals surface area contributed by atoms with E-state index in [-0.39, 0.29) is 17.4 Å². The van der Waals surface area contributed by atoms with Gasteiger partial charge < -0.3 is 10.1 Å². The van der Waals surface area contributed by atoms with Crippen molar-refractivity contribution in [2.24, 2.45) is 4.99 Å². The second-order valence-electron chi connectivity index (χ2n) is 7.51. The fraction of sp³-hybridized carbons (Fsp3) is 0.611. The molecule has 1 heterocycles. The first-order valence-corrected chi connectivity index (χ1v) is 11.0. The molecule has 29 heavy (non-hydrogen) atoms. The molecule has 1 aromatic rings. The first-order chi connectivity index (χ1) is 13.2. The van der Waals surface area contributed by atoms with Crippen molar-refractivity contribution in [3.05, 3.63) is 23.5 Å². The van der Waals surface area contributed by atoms with Gasteiger partial charge in [-0.15, -0.1) is 0 Å². The highest BCUT2D eigenvalue weighted by atomic mass is 32.2. The van der Waals surface area contributed by atoms with Gasteiger partial charge in [0, 0.05) is 37.3 Å². The number of hydrogen-bond acceptors (Lipinski definition) is 6. The molecule has 1 aliphatic rings. The van der Waals surface area contributed by atoms with Gasteiger partial charge in [0.2, 0.25) is 0 Å². The summed E-state index contributed by atoms with van der Waals surface area (Å²) in [6, 6.07) is 1.16. The average molecular weight is 435 g/mol. The van der Waals surface area contributed by atoms with Gasteiger partial charge in [0.15, 0.2) is 6.10 Å². The van der Waals surface area contributed by atoms with Crippen LogP contribution in [0, 0.1) is 0 Å². The van der Waals surface area contributed by atoms with Crippen LogP contribution < -0.4 is 10.1 Å². The Labute approximate surface area is 167 Å². The predicted octanol–water partition coefficient (Wildman–Crippen LogP) is 2.52. The fourth-order valence-corrected chi connectivity index (χ4v) is 4.13. The van der Waals surface area contributed by atoms with Crippen LogP contribution in [0.1, 0.15) is 48.7 Å². The van der Waals surface area contributed by atoms with Crippen LogP contribution in [0.15, 0.2) is 17.3 Å². The molecule has 1 saturated carbocycles. The van der Waals surface area contributed by atoms with Crippen molar-refractivity contribution < 1.29 is 31.1 Å². The maximum atomic E-state index is 12.9. The van der Waals surface area contributed by atoms with E-state index in [1.807, 2.05) is 0 Å². The largest absolute Gasteiger partial charge is 0.481 e. The van der Waals surface area contributed by atoms with E-state index < -0.39 is 39.3 Å². The molecule has 2 atom stereocenters. The maximum Gasteiger partial charge on any atom is 0.425 e. The number of pyridine rings is 1. The molecule has 0 aliphatic heterocycles. The summed E-state index contributed by atoms with van der Waals surface area (Å²) in [5.41, 5.74) is -0.967. The van der Waals surface area contributed by atoms with Crippen molar-refractivity contribution in [3.8, 4) is 5.75 Å². The van der Waals surface area contributed by atoms with E-state index in [2.05, 4.69) is 15.3 Å². The minimum absolute atomic E-state index is 0.0496. The summed E-state index contributed by atoms with van der Waals surface area (Å²) in [5, 5.41) is 2.53. The zero-order chi connectivity index (χ0) is 22.0. The summed E-state index contributed by atoms with van der Waals surface area (Å²) in [6.45, 7) is 2.36. The average Bonchev–Trinajstić information content (AvgIpc) is 3.36. The highest BCUT2D eigenvalue weighted by Crippen LogP contribution is 2.44. The number of carbonyl (C=O) groups excluding carboxylic acids is 1. The standard InChI is InChI=1S/C18H24F3N3O4S/c1-11(18(19,20)21)28-15-7-14(23-8-13(15)12-5-6-12)16(25)24-17(2,9-22-3)10-29(4,26)27/h7-9,11-12H,5-6,10H2,1-4H3,(H,24,25)/t11-,17?/m0/s1. The smallest absolute Gasteiger partial charge is 0.425 e. The summed E-state index contributed by atoms with van der Waals surface area (Å²) >= 11 is 0. The Morgan fingerprint density at radius 1 is 1.45 bits per heavy atom. The molecule has 1 N–H and O–H groups in total. The van der Waals surface area contributed by atoms with Crippen LogP contribution in [0.4, 0.5) is 13.2 Å². The number of hydrogen-bond donors (Lipinski definition) is 1. The Hall–Kier alpha value is -2.17. The summed E-state index contributed by atoms with van der Waals surface area (Å²) in [6.07, 6.45) is -1.35. The van der Waals surface area contributed by atoms with E-state index in [4.69, 9.17) is 4.74 Å². The molecule has 1 fully saturated rings. The number of amides is 1. The van der Waals surface area contributed by atoms with Crippen LogP contribution in [0.25, 0.3) is 0 Å². The highest BCUT2D eigenvalue weighted by Gasteiger charge is 2.39. The molecule has 11 heteroatoms. The molecule has 0 aromatic carbocycles. The Balaban J connectivity index is 2.31. The molecule has 0 bridgehead atoms. The monoisotopic (exact) mass is 435 g/mol. The molecular weight excluding hydrogens is 411 g/mol. The predicted molar refractivity (Wildman–Crippen MR) is 102 cm³/mol. The number of rotatable bonds is 8. The number of aromatic nitrogens is 1. The van der Waals surface area contributed by atoms with Crippen LogP contribution in [0.5, 0.6) is 5.75 Å². The van der Waals surface area contributed by atoms with Crippen LogP contribution in [-0.2, 0) is 9.84 Å². The Bertz CT molecular complexity index is 898. The van der Waals surface area contributed by atoms with Gasteiger partial charge in [-0.2, -0.15) is 13.2 Å². The van der Waals surface area contributed by atoms with Crippen molar-refractivity contribution in [1.82, 2.24) is 10.3 Å². The number of halogens is 3. The van der Waals surface area contributed by atoms with Gasteiger partial charge in [-0.05, 0) is 32.6 Å². The molecule has 1 aromatic heterocycles. The van der Waals surface area contributed by atoms with Gasteiger partial charge >= 0.3 is 6.18 Å². The van der Waals surface area contributed by atoms with Gasteiger partial charge in [0.25, 0.3) is 5.91 Å². The molecule has 1 unspecified atom stereocenters. The SMILES string of the molecule is CN=CC(C)(CS(C)(=O)=O)NC(=O)c1cc(O[C@@H](C)C(F)(F)F)c(C2CC2)cn1. The van der Waals surface area contributed by atoms with Crippen LogP contribution in [-0.4, -0.2) is 62.4 Å². The van der Waals surface area contributed by atoms with Crippen LogP contribution >= 0.6 is 0 Å². The Kier molecular flexibility index (Phi) is 6.61. The number of nitrogens with zero attached hydrogens (tertiary/aromatic N) is 2. The normalized spacial score (nSPS) is 18.3. The summed E-state index contributed by atoms with van der Waals surface area (Å²) < 4.78 is 67.2. The lowest BCUT2D eigenvalue weighted by atomic mass is 10.1. The van der Waals surface area contributed by atoms with Crippen molar-refractivity contribution in [2.45, 2.75) is 50.4 Å². The lowest BCUT2D eigenvalue weighted by Gasteiger charge is -2.26. The third-order valence-electron chi connectivity index (χ3n) is 4.28. The first kappa shape index (κ1) is 23.1. The molecule has 0 radical (unpaired) electrons. The van der Waals surface area contributed by atoms with Crippen molar-refractivity contribution in [1.29, 1.82) is 0 Å². The first-order valence-electron chi connectivity index (χ1n) is 8.91. The second kappa shape index (κ2) is 8.29. The fourth-order valence-electron chi connectivity index (χ4n) is 2.89. The molecule has 2 rings (SSSR count). The van der Waals surface area contributed by atoms with Crippen LogP contribution in [0.2, 0.25) is 0 Å². The Morgan fingerprint density at radius 2 is 2.07 bits per heavy atom. The quantitative estimate of drug-likeness (QED) is 0.633. The van der Waals surface area contributed by atoms with Gasteiger partial charge in [0.1, 0.15) is 21.3 Å². The zero-order valence-electron chi connectivity index (χ0n) is 16.6. The van der Waals surface area contributed by atoms with Crippen molar-refractivity contribution >= 4 is 22.0 Å². The number of nitrogens with one attached hydrogen (secondary N) is 1. The summed E-state index contributed by atoms with van der Waals surface area (Å²) in [4.78, 5) is 20.5. The molecule has 162 valence electrons. The topological polar surface area (TPSA) is 97.7 Å². The van der Waals surface area contributed by atoms with Gasteiger partial charge in [-0.3, -0.25) is 14.8 Å². The molecule has 1 aliphatic carbocycles. The minimum atomic E-state index is -4.56. The van der Waals surface area contributed by atoms with E-state index in [0.29, 0.717) is 5.56 Å². The molecule has 7 nitrogen and oxygen atoms in total. The molecule has 1 amide bonds. The highest BCUT2D eigenvalue weighted by molar-refractivity contribution is 7.90. The van der Waals surface area contributed by atoms with Gasteiger partial charge in [0.05, 0.1) is 11.3 Å². The maximum absolute atomic E-state index is 12.9. The van der Waals surface area contributed by atoms with E-state index >= 15 is 0 Å². The zero-order valence-corrected chi connectivity index (χ0v) is 17.4. The lowest BCUT2D eigenvalue weighted by Crippen LogP contribution is -2.52. The summed E-state index contributed by atoms with van der Waals surface area (Å²) in [5.74, 6) is -1.15. The van der Waals surface area contributed by atoms with E-state index in [0.717, 1.165) is 32.1 Å². The van der Waals surface area contributed by atoms with Gasteiger partial charge in [-0.25, -0.2) is 8.42 Å². The second-order valence-corrected chi connectivity index (χ2v) is 9.65. The van der Waals surface area contributed by atoms with Crippen LogP contribution in [0.3, 0.4) is 0 Å². The van der Waals surface area contributed by atoms with Crippen molar-refractivity contribution in [3.63, 3.8) is 0 Å². The minimum Gasteiger partial charge on any atom is -0.481 e. The lowest BCUT2D eigenvalue weighted by molar-refractivity contribution is -0.189. The number of aliphatic imine (C=N–C) groups is 1. The number of sulfone groups is 1. The van der Waals surface area contributed by atoms with E-state index in [1.54, 1.807) is 0 Å². The van der Waals surface area contributed by atoms with Gasteiger partial charge in [-0.1, -0.05) is 0 Å².